The van der Waals surface area contributed by atoms with Crippen LogP contribution in [0.15, 0.2) is 0 Å². The van der Waals surface area contributed by atoms with Gasteiger partial charge in [0.15, 0.2) is 0 Å². The second kappa shape index (κ2) is 4.51. The predicted molar refractivity (Wildman–Crippen MR) is 55.7 cm³/mol. The Hall–Kier alpha value is -1.26. The molecule has 0 unspecified atom stereocenters. The van der Waals surface area contributed by atoms with Gasteiger partial charge in [-0.3, -0.25) is 4.79 Å². The van der Waals surface area contributed by atoms with Gasteiger partial charge in [0, 0.05) is 5.54 Å². The van der Waals surface area contributed by atoms with Crippen molar-refractivity contribution in [3.8, 4) is 0 Å². The van der Waals surface area contributed by atoms with Crippen molar-refractivity contribution in [3.63, 3.8) is 0 Å². The predicted octanol–water partition coefficient (Wildman–Crippen LogP) is 1.76. The molecular weight excluding hydrogens is 198 g/mol. The Bertz CT molecular complexity index is 253. The Morgan fingerprint density at radius 3 is 2.00 bits per heavy atom. The maximum absolute atomic E-state index is 11.4. The molecule has 0 heterocycles. The molecule has 0 saturated heterocycles. The zero-order chi connectivity index (χ0) is 12.3. The average Bonchev–Trinajstić information content (AvgIpc) is 1.73. The summed E-state index contributed by atoms with van der Waals surface area (Å²) in [7, 11) is 0. The Morgan fingerprint density at radius 1 is 1.20 bits per heavy atom. The third-order valence-corrected chi connectivity index (χ3v) is 1.45. The SMILES string of the molecule is CC(C)(CC(=O)OC(C)(C)C)NC(=O)O. The van der Waals surface area contributed by atoms with E-state index in [2.05, 4.69) is 5.32 Å². The number of hydrogen-bond acceptors (Lipinski definition) is 3. The molecule has 0 bridgehead atoms. The van der Waals surface area contributed by atoms with Gasteiger partial charge >= 0.3 is 12.1 Å². The summed E-state index contributed by atoms with van der Waals surface area (Å²) in [5.74, 6) is -0.416. The minimum atomic E-state index is -1.15. The van der Waals surface area contributed by atoms with E-state index in [0.717, 1.165) is 0 Å². The highest BCUT2D eigenvalue weighted by atomic mass is 16.6. The van der Waals surface area contributed by atoms with Crippen LogP contribution in [0.2, 0.25) is 0 Å². The largest absolute Gasteiger partial charge is 0.465 e. The van der Waals surface area contributed by atoms with Crippen molar-refractivity contribution in [2.24, 2.45) is 0 Å². The van der Waals surface area contributed by atoms with Crippen LogP contribution in [0.1, 0.15) is 41.0 Å². The molecule has 0 atom stereocenters. The van der Waals surface area contributed by atoms with Crippen molar-refractivity contribution >= 4 is 12.1 Å². The van der Waals surface area contributed by atoms with E-state index in [1.807, 2.05) is 0 Å². The Labute approximate surface area is 89.8 Å². The third kappa shape index (κ3) is 7.78. The molecule has 0 saturated carbocycles. The number of rotatable bonds is 3. The number of nitrogens with one attached hydrogen (secondary N) is 1. The van der Waals surface area contributed by atoms with Gasteiger partial charge in [0.2, 0.25) is 0 Å². The maximum Gasteiger partial charge on any atom is 0.405 e. The molecule has 0 rings (SSSR count). The standard InChI is InChI=1S/C10H19NO4/c1-9(2,3)15-7(12)6-10(4,5)11-8(13)14/h11H,6H2,1-5H3,(H,13,14). The summed E-state index contributed by atoms with van der Waals surface area (Å²) in [5.41, 5.74) is -1.36. The van der Waals surface area contributed by atoms with Crippen molar-refractivity contribution in [1.29, 1.82) is 0 Å². The molecule has 2 N–H and O–H groups in total. The number of ether oxygens (including phenoxy) is 1. The highest BCUT2D eigenvalue weighted by molar-refractivity contribution is 5.73. The second-order valence-corrected chi connectivity index (χ2v) is 5.08. The molecule has 0 spiro atoms. The summed E-state index contributed by atoms with van der Waals surface area (Å²) in [6, 6.07) is 0. The molecule has 0 radical (unpaired) electrons. The minimum Gasteiger partial charge on any atom is -0.465 e. The highest BCUT2D eigenvalue weighted by Gasteiger charge is 2.27. The topological polar surface area (TPSA) is 75.6 Å². The quantitative estimate of drug-likeness (QED) is 0.706. The van der Waals surface area contributed by atoms with Gasteiger partial charge in [0.05, 0.1) is 6.42 Å². The Kier molecular flexibility index (Phi) is 4.13. The summed E-state index contributed by atoms with van der Waals surface area (Å²) in [6.07, 6.45) is -1.14. The van der Waals surface area contributed by atoms with Gasteiger partial charge in [-0.2, -0.15) is 0 Å². The molecule has 1 amide bonds. The molecule has 0 aliphatic heterocycles. The number of amides is 1. The monoisotopic (exact) mass is 217 g/mol. The summed E-state index contributed by atoms with van der Waals surface area (Å²) in [6.45, 7) is 8.56. The van der Waals surface area contributed by atoms with Crippen molar-refractivity contribution in [3.05, 3.63) is 0 Å². The lowest BCUT2D eigenvalue weighted by Crippen LogP contribution is -2.45. The lowest BCUT2D eigenvalue weighted by molar-refractivity contribution is -0.156. The van der Waals surface area contributed by atoms with Crippen LogP contribution in [0.4, 0.5) is 4.79 Å². The summed E-state index contributed by atoms with van der Waals surface area (Å²) >= 11 is 0. The van der Waals surface area contributed by atoms with E-state index in [1.165, 1.54) is 0 Å². The molecule has 5 nitrogen and oxygen atoms in total. The zero-order valence-corrected chi connectivity index (χ0v) is 9.88. The molecule has 0 aromatic carbocycles. The first-order valence-corrected chi connectivity index (χ1v) is 4.75. The normalized spacial score (nSPS) is 12.1. The first-order chi connectivity index (χ1) is 6.52. The Morgan fingerprint density at radius 2 is 1.67 bits per heavy atom. The van der Waals surface area contributed by atoms with E-state index >= 15 is 0 Å². The molecule has 0 fully saturated rings. The van der Waals surface area contributed by atoms with Crippen LogP contribution in [-0.2, 0) is 9.53 Å². The fourth-order valence-electron chi connectivity index (χ4n) is 1.07. The average molecular weight is 217 g/mol. The summed E-state index contributed by atoms with van der Waals surface area (Å²) in [4.78, 5) is 21.8. The van der Waals surface area contributed by atoms with E-state index in [9.17, 15) is 9.59 Å². The van der Waals surface area contributed by atoms with E-state index in [0.29, 0.717) is 0 Å². The van der Waals surface area contributed by atoms with E-state index < -0.39 is 23.2 Å². The maximum atomic E-state index is 11.4. The van der Waals surface area contributed by atoms with E-state index in [-0.39, 0.29) is 6.42 Å². The zero-order valence-electron chi connectivity index (χ0n) is 9.88. The lowest BCUT2D eigenvalue weighted by Gasteiger charge is -2.26. The van der Waals surface area contributed by atoms with Gasteiger partial charge < -0.3 is 15.2 Å². The van der Waals surface area contributed by atoms with Crippen molar-refractivity contribution in [2.45, 2.75) is 52.2 Å². The molecule has 88 valence electrons. The van der Waals surface area contributed by atoms with Crippen LogP contribution in [-0.4, -0.2) is 28.3 Å². The summed E-state index contributed by atoms with van der Waals surface area (Å²) < 4.78 is 5.08. The molecule has 15 heavy (non-hydrogen) atoms. The summed E-state index contributed by atoms with van der Waals surface area (Å²) in [5, 5.41) is 10.8. The van der Waals surface area contributed by atoms with Crippen LogP contribution in [0, 0.1) is 0 Å². The molecule has 5 heteroatoms. The smallest absolute Gasteiger partial charge is 0.405 e. The van der Waals surface area contributed by atoms with Gasteiger partial charge in [-0.1, -0.05) is 0 Å². The number of carboxylic acid groups (broad SMARTS) is 1. The number of carbonyl (C=O) groups excluding carboxylic acids is 1. The van der Waals surface area contributed by atoms with Crippen LogP contribution >= 0.6 is 0 Å². The first kappa shape index (κ1) is 13.7. The fraction of sp³-hybridized carbons (Fsp3) is 0.800. The second-order valence-electron chi connectivity index (χ2n) is 5.08. The number of hydrogen-bond donors (Lipinski definition) is 2. The Balaban J connectivity index is 4.22. The molecule has 0 aromatic heterocycles. The van der Waals surface area contributed by atoms with Gasteiger partial charge in [-0.15, -0.1) is 0 Å². The molecule has 0 aliphatic rings. The van der Waals surface area contributed by atoms with Crippen LogP contribution < -0.4 is 5.32 Å². The molecular formula is C10H19NO4. The highest BCUT2D eigenvalue weighted by Crippen LogP contribution is 2.14. The lowest BCUT2D eigenvalue weighted by atomic mass is 10.0. The van der Waals surface area contributed by atoms with Crippen molar-refractivity contribution < 1.29 is 19.4 Å². The van der Waals surface area contributed by atoms with Crippen molar-refractivity contribution in [2.75, 3.05) is 0 Å². The number of esters is 1. The van der Waals surface area contributed by atoms with Crippen LogP contribution in [0.25, 0.3) is 0 Å². The minimum absolute atomic E-state index is 0.0105. The third-order valence-electron chi connectivity index (χ3n) is 1.45. The first-order valence-electron chi connectivity index (χ1n) is 4.75. The van der Waals surface area contributed by atoms with Crippen LogP contribution in [0.5, 0.6) is 0 Å². The van der Waals surface area contributed by atoms with E-state index in [4.69, 9.17) is 9.84 Å². The van der Waals surface area contributed by atoms with Gasteiger partial charge in [-0.05, 0) is 34.6 Å². The van der Waals surface area contributed by atoms with Gasteiger partial charge in [0.1, 0.15) is 5.60 Å². The fourth-order valence-corrected chi connectivity index (χ4v) is 1.07. The van der Waals surface area contributed by atoms with Crippen LogP contribution in [0.3, 0.4) is 0 Å². The van der Waals surface area contributed by atoms with Gasteiger partial charge in [-0.25, -0.2) is 4.79 Å². The van der Waals surface area contributed by atoms with Gasteiger partial charge in [0.25, 0.3) is 0 Å². The van der Waals surface area contributed by atoms with E-state index in [1.54, 1.807) is 34.6 Å². The molecule has 0 aromatic rings. The molecule has 0 aliphatic carbocycles. The van der Waals surface area contributed by atoms with Crippen molar-refractivity contribution in [1.82, 2.24) is 5.32 Å². The number of carbonyl (C=O) groups is 2.